The Morgan fingerprint density at radius 1 is 1.29 bits per heavy atom. The Morgan fingerprint density at radius 2 is 1.79 bits per heavy atom. The highest BCUT2D eigenvalue weighted by Crippen LogP contribution is 2.39. The van der Waals surface area contributed by atoms with E-state index in [0.29, 0.717) is 13.2 Å². The molecule has 0 unspecified atom stereocenters. The van der Waals surface area contributed by atoms with Crippen molar-refractivity contribution in [3.63, 3.8) is 0 Å². The predicted molar refractivity (Wildman–Crippen MR) is 49.3 cm³/mol. The summed E-state index contributed by atoms with van der Waals surface area (Å²) in [5.74, 6) is 0. The molecule has 0 spiro atoms. The van der Waals surface area contributed by atoms with E-state index < -0.39 is 11.5 Å². The van der Waals surface area contributed by atoms with Gasteiger partial charge < -0.3 is 9.47 Å². The minimum absolute atomic E-state index is 0.0528. The maximum absolute atomic E-state index is 13.4. The first-order valence-corrected chi connectivity index (χ1v) is 4.76. The Bertz CT molecular complexity index is 205. The van der Waals surface area contributed by atoms with Crippen molar-refractivity contribution in [1.29, 1.82) is 0 Å². The molecule has 1 fully saturated rings. The first-order valence-electron chi connectivity index (χ1n) is 4.76. The molecule has 84 valence electrons. The van der Waals surface area contributed by atoms with Gasteiger partial charge in [-0.05, 0) is 0 Å². The molecule has 1 aliphatic heterocycles. The van der Waals surface area contributed by atoms with Crippen molar-refractivity contribution >= 4 is 0 Å². The van der Waals surface area contributed by atoms with Gasteiger partial charge in [0.15, 0.2) is 0 Å². The van der Waals surface area contributed by atoms with Crippen molar-refractivity contribution in [3.05, 3.63) is 0 Å². The summed E-state index contributed by atoms with van der Waals surface area (Å²) < 4.78 is 36.4. The third-order valence-corrected chi connectivity index (χ3v) is 2.38. The summed E-state index contributed by atoms with van der Waals surface area (Å²) in [6, 6.07) is 0. The third-order valence-electron chi connectivity index (χ3n) is 2.38. The number of hydrogen-bond donors (Lipinski definition) is 0. The molecule has 0 bridgehead atoms. The van der Waals surface area contributed by atoms with Crippen LogP contribution < -0.4 is 0 Å². The maximum atomic E-state index is 13.4. The Balaban J connectivity index is 2.44. The summed E-state index contributed by atoms with van der Waals surface area (Å²) in [6.07, 6.45) is -3.08. The molecular formula is C10H18F2O2. The summed E-state index contributed by atoms with van der Waals surface area (Å²) in [4.78, 5) is 0. The highest BCUT2D eigenvalue weighted by molar-refractivity contribution is 4.82. The fourth-order valence-electron chi connectivity index (χ4n) is 1.02. The number of alkyl halides is 2. The molecule has 0 amide bonds. The molecule has 0 aliphatic carbocycles. The molecular weight excluding hydrogens is 190 g/mol. The Kier molecular flexibility index (Phi) is 2.89. The predicted octanol–water partition coefficient (Wildman–Crippen LogP) is 2.68. The molecule has 0 aromatic rings. The van der Waals surface area contributed by atoms with Gasteiger partial charge >= 0.3 is 6.11 Å². The zero-order chi connectivity index (χ0) is 11.0. The van der Waals surface area contributed by atoms with Crippen molar-refractivity contribution < 1.29 is 18.3 Å². The van der Waals surface area contributed by atoms with Crippen LogP contribution in [0.15, 0.2) is 0 Å². The van der Waals surface area contributed by atoms with E-state index in [4.69, 9.17) is 4.74 Å². The van der Waals surface area contributed by atoms with Gasteiger partial charge in [-0.25, -0.2) is 0 Å². The fourth-order valence-corrected chi connectivity index (χ4v) is 1.02. The molecule has 4 heteroatoms. The van der Waals surface area contributed by atoms with Gasteiger partial charge in [-0.3, -0.25) is 0 Å². The summed E-state index contributed by atoms with van der Waals surface area (Å²) in [5.41, 5.74) is -1.39. The molecule has 1 heterocycles. The SMILES string of the molecule is CC1(COC(F)(F)C(C)(C)C)COC1. The molecule has 1 saturated heterocycles. The lowest BCUT2D eigenvalue weighted by Crippen LogP contribution is -2.47. The van der Waals surface area contributed by atoms with Gasteiger partial charge in [-0.2, -0.15) is 8.78 Å². The van der Waals surface area contributed by atoms with E-state index in [1.165, 1.54) is 20.8 Å². The van der Waals surface area contributed by atoms with Gasteiger partial charge in [0.1, 0.15) is 0 Å². The summed E-state index contributed by atoms with van der Waals surface area (Å²) >= 11 is 0. The lowest BCUT2D eigenvalue weighted by atomic mass is 9.89. The smallest absolute Gasteiger partial charge is 0.360 e. The molecule has 1 aliphatic rings. The number of rotatable bonds is 3. The second-order valence-corrected chi connectivity index (χ2v) is 5.36. The first kappa shape index (κ1) is 11.9. The van der Waals surface area contributed by atoms with E-state index in [9.17, 15) is 8.78 Å². The Labute approximate surface area is 83.6 Å². The monoisotopic (exact) mass is 208 g/mol. The van der Waals surface area contributed by atoms with Crippen LogP contribution in [-0.2, 0) is 9.47 Å². The van der Waals surface area contributed by atoms with Crippen molar-refractivity contribution in [2.24, 2.45) is 10.8 Å². The average molecular weight is 208 g/mol. The van der Waals surface area contributed by atoms with Gasteiger partial charge in [0.2, 0.25) is 0 Å². The van der Waals surface area contributed by atoms with Crippen LogP contribution in [0.5, 0.6) is 0 Å². The molecule has 0 saturated carbocycles. The molecule has 1 rings (SSSR count). The van der Waals surface area contributed by atoms with E-state index >= 15 is 0 Å². The topological polar surface area (TPSA) is 18.5 Å². The van der Waals surface area contributed by atoms with Crippen molar-refractivity contribution in [3.8, 4) is 0 Å². The molecule has 2 nitrogen and oxygen atoms in total. The number of hydrogen-bond acceptors (Lipinski definition) is 2. The lowest BCUT2D eigenvalue weighted by Gasteiger charge is -2.40. The van der Waals surface area contributed by atoms with Crippen LogP contribution in [0.3, 0.4) is 0 Å². The Hall–Kier alpha value is -0.220. The zero-order valence-electron chi connectivity index (χ0n) is 9.19. The normalized spacial score (nSPS) is 21.9. The largest absolute Gasteiger partial charge is 0.380 e. The van der Waals surface area contributed by atoms with Crippen molar-refractivity contribution in [1.82, 2.24) is 0 Å². The van der Waals surface area contributed by atoms with Crippen LogP contribution >= 0.6 is 0 Å². The van der Waals surface area contributed by atoms with E-state index in [2.05, 4.69) is 4.74 Å². The van der Waals surface area contributed by atoms with Crippen LogP contribution in [-0.4, -0.2) is 25.9 Å². The number of ether oxygens (including phenoxy) is 2. The van der Waals surface area contributed by atoms with Gasteiger partial charge in [0.05, 0.1) is 25.2 Å². The molecule has 0 aromatic carbocycles. The van der Waals surface area contributed by atoms with E-state index in [1.807, 2.05) is 6.92 Å². The summed E-state index contributed by atoms with van der Waals surface area (Å²) in [6.45, 7) is 7.35. The highest BCUT2D eigenvalue weighted by Gasteiger charge is 2.47. The first-order chi connectivity index (χ1) is 6.16. The molecule has 0 N–H and O–H groups in total. The van der Waals surface area contributed by atoms with Crippen molar-refractivity contribution in [2.75, 3.05) is 19.8 Å². The minimum atomic E-state index is -3.08. The van der Waals surface area contributed by atoms with E-state index in [1.54, 1.807) is 0 Å². The summed E-state index contributed by atoms with van der Waals surface area (Å²) in [5, 5.41) is 0. The Morgan fingerprint density at radius 3 is 2.07 bits per heavy atom. The lowest BCUT2D eigenvalue weighted by molar-refractivity contribution is -0.315. The van der Waals surface area contributed by atoms with E-state index in [-0.39, 0.29) is 12.0 Å². The fraction of sp³-hybridized carbons (Fsp3) is 1.00. The quantitative estimate of drug-likeness (QED) is 0.710. The number of halogens is 2. The average Bonchev–Trinajstić information content (AvgIpc) is 1.95. The molecule has 0 atom stereocenters. The second-order valence-electron chi connectivity index (χ2n) is 5.36. The van der Waals surface area contributed by atoms with Crippen LogP contribution in [0.1, 0.15) is 27.7 Å². The maximum Gasteiger partial charge on any atom is 0.360 e. The van der Waals surface area contributed by atoms with Crippen LogP contribution in [0.4, 0.5) is 8.78 Å². The molecule has 0 radical (unpaired) electrons. The van der Waals surface area contributed by atoms with Gasteiger partial charge in [-0.1, -0.05) is 27.7 Å². The van der Waals surface area contributed by atoms with Gasteiger partial charge in [0, 0.05) is 5.41 Å². The minimum Gasteiger partial charge on any atom is -0.380 e. The molecule has 14 heavy (non-hydrogen) atoms. The molecule has 0 aromatic heterocycles. The standard InChI is InChI=1S/C10H18F2O2/c1-8(2,3)10(11,12)14-7-9(4)5-13-6-9/h5-7H2,1-4H3. The van der Waals surface area contributed by atoms with E-state index in [0.717, 1.165) is 0 Å². The van der Waals surface area contributed by atoms with Crippen LogP contribution in [0.2, 0.25) is 0 Å². The van der Waals surface area contributed by atoms with Crippen LogP contribution in [0.25, 0.3) is 0 Å². The van der Waals surface area contributed by atoms with Crippen LogP contribution in [0, 0.1) is 10.8 Å². The summed E-state index contributed by atoms with van der Waals surface area (Å²) in [7, 11) is 0. The van der Waals surface area contributed by atoms with Gasteiger partial charge in [0.25, 0.3) is 0 Å². The third kappa shape index (κ3) is 2.42. The second kappa shape index (κ2) is 3.42. The highest BCUT2D eigenvalue weighted by atomic mass is 19.3. The van der Waals surface area contributed by atoms with Gasteiger partial charge in [-0.15, -0.1) is 0 Å². The van der Waals surface area contributed by atoms with Crippen molar-refractivity contribution in [2.45, 2.75) is 33.8 Å². The zero-order valence-corrected chi connectivity index (χ0v) is 9.19.